The number of thiol groups is 1. The molecule has 1 saturated carbocycles. The molecule has 2 rings (SSSR count). The second-order valence-electron chi connectivity index (χ2n) is 10.9. The molecule has 6 heteroatoms. The molecule has 1 aliphatic carbocycles. The third-order valence-corrected chi connectivity index (χ3v) is 7.91. The van der Waals surface area contributed by atoms with Crippen molar-refractivity contribution in [2.24, 2.45) is 10.8 Å². The highest BCUT2D eigenvalue weighted by atomic mass is 32.1. The second kappa shape index (κ2) is 13.5. The summed E-state index contributed by atoms with van der Waals surface area (Å²) in [7, 11) is 0. The summed E-state index contributed by atoms with van der Waals surface area (Å²) in [6, 6.07) is 10.6. The smallest absolute Gasteiger partial charge is 0.130 e. The van der Waals surface area contributed by atoms with Crippen LogP contribution in [0.4, 0.5) is 0 Å². The van der Waals surface area contributed by atoms with Crippen LogP contribution >= 0.6 is 49.3 Å². The SMILES string of the molecule is CCCCCCCCN(CC1(C)CC(NC(=S)S)CC(C)(C)C1)C(=S)C(=S)c1ccccc1. The number of hydrogen-bond acceptors (Lipinski definition) is 3. The highest BCUT2D eigenvalue weighted by Gasteiger charge is 2.42. The Morgan fingerprint density at radius 1 is 1.00 bits per heavy atom. The lowest BCUT2D eigenvalue weighted by Crippen LogP contribution is -2.51. The van der Waals surface area contributed by atoms with Gasteiger partial charge in [0.1, 0.15) is 9.31 Å². The summed E-state index contributed by atoms with van der Waals surface area (Å²) >= 11 is 21.5. The number of nitrogens with zero attached hydrogens (tertiary/aromatic N) is 1. The zero-order chi connectivity index (χ0) is 24.5. The second-order valence-corrected chi connectivity index (χ2v) is 12.8. The zero-order valence-corrected chi connectivity index (χ0v) is 24.2. The molecular formula is C27H42N2S4. The van der Waals surface area contributed by atoms with Crippen molar-refractivity contribution in [1.29, 1.82) is 0 Å². The monoisotopic (exact) mass is 522 g/mol. The van der Waals surface area contributed by atoms with Gasteiger partial charge in [0.15, 0.2) is 0 Å². The van der Waals surface area contributed by atoms with E-state index in [1.807, 2.05) is 18.2 Å². The summed E-state index contributed by atoms with van der Waals surface area (Å²) in [5.41, 5.74) is 1.40. The van der Waals surface area contributed by atoms with E-state index in [0.717, 1.165) is 54.2 Å². The maximum Gasteiger partial charge on any atom is 0.130 e. The normalized spacial score (nSPS) is 21.9. The zero-order valence-electron chi connectivity index (χ0n) is 20.9. The average Bonchev–Trinajstić information content (AvgIpc) is 2.72. The Kier molecular flexibility index (Phi) is 11.7. The predicted molar refractivity (Wildman–Crippen MR) is 160 cm³/mol. The molecule has 2 unspecified atom stereocenters. The average molecular weight is 523 g/mol. The molecule has 1 aromatic carbocycles. The number of rotatable bonds is 12. The van der Waals surface area contributed by atoms with Crippen molar-refractivity contribution in [2.75, 3.05) is 13.1 Å². The standard InChI is InChI=1S/C27H42N2S4/c1-5-6-7-8-9-13-16-29(24(31)23(30)21-14-11-10-12-15-21)20-27(4)18-22(28-25(32)33)17-26(2,3)19-27/h10-12,14-15,22H,5-9,13,16-20H2,1-4H3,(H2,28,32,33). The first-order chi connectivity index (χ1) is 15.6. The number of unbranched alkanes of at least 4 members (excludes halogenated alkanes) is 5. The molecule has 33 heavy (non-hydrogen) atoms. The molecule has 1 aliphatic rings. The molecule has 0 amide bonds. The summed E-state index contributed by atoms with van der Waals surface area (Å²) in [5, 5.41) is 3.43. The van der Waals surface area contributed by atoms with Crippen molar-refractivity contribution in [2.45, 2.75) is 91.5 Å². The molecule has 1 fully saturated rings. The molecule has 0 bridgehead atoms. The molecule has 184 valence electrons. The van der Waals surface area contributed by atoms with Gasteiger partial charge in [-0.25, -0.2) is 0 Å². The number of nitrogens with one attached hydrogen (secondary N) is 1. The van der Waals surface area contributed by atoms with Gasteiger partial charge in [-0.1, -0.05) is 127 Å². The van der Waals surface area contributed by atoms with Crippen molar-refractivity contribution in [3.63, 3.8) is 0 Å². The fourth-order valence-electron chi connectivity index (χ4n) is 5.68. The molecule has 0 saturated heterocycles. The van der Waals surface area contributed by atoms with Gasteiger partial charge in [-0.2, -0.15) is 0 Å². The van der Waals surface area contributed by atoms with Gasteiger partial charge in [0, 0.05) is 19.1 Å². The quantitative estimate of drug-likeness (QED) is 0.126. The Balaban J connectivity index is 2.16. The van der Waals surface area contributed by atoms with Crippen LogP contribution in [0.3, 0.4) is 0 Å². The number of hydrogen-bond donors (Lipinski definition) is 2. The molecule has 0 radical (unpaired) electrons. The Labute approximate surface area is 224 Å². The first-order valence-electron chi connectivity index (χ1n) is 12.4. The Morgan fingerprint density at radius 3 is 2.27 bits per heavy atom. The van der Waals surface area contributed by atoms with Crippen LogP contribution in [0, 0.1) is 10.8 Å². The first-order valence-corrected chi connectivity index (χ1v) is 14.1. The molecule has 0 spiro atoms. The lowest BCUT2D eigenvalue weighted by Gasteiger charge is -2.49. The summed E-state index contributed by atoms with van der Waals surface area (Å²) in [5.74, 6) is 0. The minimum absolute atomic E-state index is 0.122. The van der Waals surface area contributed by atoms with Crippen LogP contribution in [0.25, 0.3) is 0 Å². The molecule has 0 aromatic heterocycles. The highest BCUT2D eigenvalue weighted by Crippen LogP contribution is 2.46. The lowest BCUT2D eigenvalue weighted by molar-refractivity contribution is 0.0592. The summed E-state index contributed by atoms with van der Waals surface area (Å²) in [6.45, 7) is 11.3. The maximum atomic E-state index is 6.01. The van der Waals surface area contributed by atoms with E-state index < -0.39 is 0 Å². The van der Waals surface area contributed by atoms with Gasteiger partial charge in [0.25, 0.3) is 0 Å². The van der Waals surface area contributed by atoms with E-state index in [1.54, 1.807) is 0 Å². The number of thiocarbonyl (C=S) groups is 3. The van der Waals surface area contributed by atoms with Gasteiger partial charge < -0.3 is 10.2 Å². The van der Waals surface area contributed by atoms with E-state index in [2.05, 4.69) is 62.7 Å². The first kappa shape index (κ1) is 28.7. The van der Waals surface area contributed by atoms with E-state index in [1.165, 1.54) is 32.1 Å². The van der Waals surface area contributed by atoms with Crippen LogP contribution in [-0.4, -0.2) is 38.2 Å². The van der Waals surface area contributed by atoms with Gasteiger partial charge in [0.2, 0.25) is 0 Å². The van der Waals surface area contributed by atoms with Gasteiger partial charge >= 0.3 is 0 Å². The van der Waals surface area contributed by atoms with Crippen LogP contribution in [-0.2, 0) is 0 Å². The molecule has 1 aromatic rings. The fourth-order valence-corrected chi connectivity index (χ4v) is 6.57. The Morgan fingerprint density at radius 2 is 1.64 bits per heavy atom. The predicted octanol–water partition coefficient (Wildman–Crippen LogP) is 7.78. The van der Waals surface area contributed by atoms with Gasteiger partial charge in [0.05, 0.1) is 4.86 Å². The molecule has 1 N–H and O–H groups in total. The largest absolute Gasteiger partial charge is 0.368 e. The van der Waals surface area contributed by atoms with Gasteiger partial charge in [-0.15, -0.1) is 12.6 Å². The highest BCUT2D eigenvalue weighted by molar-refractivity contribution is 8.11. The van der Waals surface area contributed by atoms with Crippen molar-refractivity contribution in [1.82, 2.24) is 10.2 Å². The van der Waals surface area contributed by atoms with Crippen LogP contribution < -0.4 is 5.32 Å². The maximum absolute atomic E-state index is 6.01. The van der Waals surface area contributed by atoms with E-state index >= 15 is 0 Å². The fraction of sp³-hybridized carbons (Fsp3) is 0.667. The Bertz CT molecular complexity index is 793. The molecule has 2 nitrogen and oxygen atoms in total. The van der Waals surface area contributed by atoms with Crippen molar-refractivity contribution >= 4 is 63.5 Å². The van der Waals surface area contributed by atoms with Crippen molar-refractivity contribution in [3.05, 3.63) is 35.9 Å². The number of benzene rings is 1. The third kappa shape index (κ3) is 9.91. The summed E-state index contributed by atoms with van der Waals surface area (Å²) in [6.07, 6.45) is 11.0. The molecule has 0 heterocycles. The topological polar surface area (TPSA) is 15.3 Å². The summed E-state index contributed by atoms with van der Waals surface area (Å²) in [4.78, 5) is 4.02. The van der Waals surface area contributed by atoms with Crippen LogP contribution in [0.5, 0.6) is 0 Å². The molecule has 0 aliphatic heterocycles. The van der Waals surface area contributed by atoms with Crippen LogP contribution in [0.15, 0.2) is 30.3 Å². The van der Waals surface area contributed by atoms with E-state index in [9.17, 15) is 0 Å². The third-order valence-electron chi connectivity index (χ3n) is 6.64. The minimum atomic E-state index is 0.122. The minimum Gasteiger partial charge on any atom is -0.368 e. The summed E-state index contributed by atoms with van der Waals surface area (Å²) < 4.78 is 0.588. The molecule has 2 atom stereocenters. The van der Waals surface area contributed by atoms with Gasteiger partial charge in [-0.3, -0.25) is 0 Å². The van der Waals surface area contributed by atoms with Crippen LogP contribution in [0.2, 0.25) is 0 Å². The van der Waals surface area contributed by atoms with Crippen molar-refractivity contribution < 1.29 is 0 Å². The molecular weight excluding hydrogens is 481 g/mol. The Hall–Kier alpha value is -0.560. The van der Waals surface area contributed by atoms with E-state index in [-0.39, 0.29) is 10.8 Å². The van der Waals surface area contributed by atoms with E-state index in [0.29, 0.717) is 10.4 Å². The van der Waals surface area contributed by atoms with Gasteiger partial charge in [-0.05, 0) is 42.1 Å². The van der Waals surface area contributed by atoms with E-state index in [4.69, 9.17) is 36.7 Å². The lowest BCUT2D eigenvalue weighted by atomic mass is 9.62. The van der Waals surface area contributed by atoms with Crippen LogP contribution in [0.1, 0.15) is 91.0 Å². The van der Waals surface area contributed by atoms with Crippen molar-refractivity contribution in [3.8, 4) is 0 Å².